The van der Waals surface area contributed by atoms with Crippen LogP contribution in [-0.4, -0.2) is 38.5 Å². The molecule has 4 nitrogen and oxygen atoms in total. The number of rotatable bonds is 6. The van der Waals surface area contributed by atoms with Crippen LogP contribution in [0.5, 0.6) is 0 Å². The highest BCUT2D eigenvalue weighted by Crippen LogP contribution is 2.32. The first kappa shape index (κ1) is 24.6. The average molecular weight is 530 g/mol. The lowest BCUT2D eigenvalue weighted by Crippen LogP contribution is -2.41. The molecule has 2 rings (SSSR count). The molecule has 156 valence electrons. The van der Waals surface area contributed by atoms with E-state index >= 15 is 0 Å². The Labute approximate surface area is 183 Å². The molecule has 0 fully saturated rings. The minimum Gasteiger partial charge on any atom is -0.354 e. The van der Waals surface area contributed by atoms with Crippen LogP contribution in [0.1, 0.15) is 22.0 Å². The molecule has 0 bridgehead atoms. The molecule has 0 aliphatic rings. The maximum absolute atomic E-state index is 13.2. The standard InChI is InChI=1S/C18H22F4N4S.HI/c1-23-17(25-11-15(26(2)3)16-5-4-8-27-16)24-10-12-6-7-13(19)9-14(12)18(20,21)22;/h4-9,15H,10-11H2,1-3H3,(H2,23,24,25);1H. The van der Waals surface area contributed by atoms with Crippen LogP contribution in [-0.2, 0) is 12.7 Å². The van der Waals surface area contributed by atoms with Crippen molar-refractivity contribution >= 4 is 41.3 Å². The Bertz CT molecular complexity index is 763. The predicted molar refractivity (Wildman–Crippen MR) is 116 cm³/mol. The van der Waals surface area contributed by atoms with Crippen LogP contribution in [0.2, 0.25) is 0 Å². The number of alkyl halides is 3. The van der Waals surface area contributed by atoms with Crippen LogP contribution in [0.25, 0.3) is 0 Å². The minimum atomic E-state index is -4.62. The molecule has 28 heavy (non-hydrogen) atoms. The number of thiophene rings is 1. The number of benzene rings is 1. The Morgan fingerprint density at radius 2 is 1.93 bits per heavy atom. The van der Waals surface area contributed by atoms with Crippen molar-refractivity contribution in [1.29, 1.82) is 0 Å². The van der Waals surface area contributed by atoms with E-state index in [0.717, 1.165) is 12.1 Å². The van der Waals surface area contributed by atoms with Gasteiger partial charge in [-0.15, -0.1) is 35.3 Å². The van der Waals surface area contributed by atoms with Crippen LogP contribution >= 0.6 is 35.3 Å². The number of hydrogen-bond acceptors (Lipinski definition) is 3. The molecule has 0 amide bonds. The molecular weight excluding hydrogens is 507 g/mol. The molecule has 0 radical (unpaired) electrons. The smallest absolute Gasteiger partial charge is 0.354 e. The monoisotopic (exact) mass is 530 g/mol. The SMILES string of the molecule is CN=C(NCc1ccc(F)cc1C(F)(F)F)NCC(c1cccs1)N(C)C.I. The van der Waals surface area contributed by atoms with Gasteiger partial charge >= 0.3 is 6.18 Å². The van der Waals surface area contributed by atoms with Gasteiger partial charge in [0.15, 0.2) is 5.96 Å². The molecule has 2 aromatic rings. The Morgan fingerprint density at radius 3 is 2.46 bits per heavy atom. The zero-order chi connectivity index (χ0) is 20.0. The van der Waals surface area contributed by atoms with E-state index in [-0.39, 0.29) is 42.1 Å². The Morgan fingerprint density at radius 1 is 1.21 bits per heavy atom. The molecule has 1 aromatic heterocycles. The van der Waals surface area contributed by atoms with Crippen molar-refractivity contribution in [2.24, 2.45) is 4.99 Å². The lowest BCUT2D eigenvalue weighted by Gasteiger charge is -2.24. The molecule has 1 heterocycles. The molecule has 1 aromatic carbocycles. The van der Waals surface area contributed by atoms with Crippen molar-refractivity contribution in [3.63, 3.8) is 0 Å². The summed E-state index contributed by atoms with van der Waals surface area (Å²) in [6.45, 7) is 0.406. The van der Waals surface area contributed by atoms with Crippen molar-refractivity contribution < 1.29 is 17.6 Å². The molecule has 2 N–H and O–H groups in total. The van der Waals surface area contributed by atoms with E-state index in [0.29, 0.717) is 18.6 Å². The number of nitrogens with zero attached hydrogens (tertiary/aromatic N) is 2. The maximum atomic E-state index is 13.2. The van der Waals surface area contributed by atoms with Crippen LogP contribution in [0.15, 0.2) is 40.7 Å². The summed E-state index contributed by atoms with van der Waals surface area (Å²) < 4.78 is 52.5. The van der Waals surface area contributed by atoms with Gasteiger partial charge in [-0.3, -0.25) is 4.99 Å². The van der Waals surface area contributed by atoms with Crippen LogP contribution in [0.3, 0.4) is 0 Å². The first-order valence-corrected chi connectivity index (χ1v) is 9.10. The van der Waals surface area contributed by atoms with E-state index in [1.807, 2.05) is 36.5 Å². The molecule has 0 spiro atoms. The van der Waals surface area contributed by atoms with Gasteiger partial charge in [0.05, 0.1) is 11.6 Å². The van der Waals surface area contributed by atoms with Crippen molar-refractivity contribution in [2.75, 3.05) is 27.7 Å². The van der Waals surface area contributed by atoms with Gasteiger partial charge in [0.1, 0.15) is 5.82 Å². The van der Waals surface area contributed by atoms with Gasteiger partial charge in [0.2, 0.25) is 0 Å². The Kier molecular flexibility index (Phi) is 9.64. The number of nitrogens with one attached hydrogen (secondary N) is 2. The Balaban J connectivity index is 0.00000392. The van der Waals surface area contributed by atoms with Crippen molar-refractivity contribution in [3.8, 4) is 0 Å². The summed E-state index contributed by atoms with van der Waals surface area (Å²) in [6, 6.07) is 6.75. The fourth-order valence-electron chi connectivity index (χ4n) is 2.58. The number of guanidine groups is 1. The van der Waals surface area contributed by atoms with E-state index in [1.165, 1.54) is 4.88 Å². The van der Waals surface area contributed by atoms with E-state index < -0.39 is 17.6 Å². The predicted octanol–water partition coefficient (Wildman–Crippen LogP) is 4.49. The first-order chi connectivity index (χ1) is 12.7. The molecule has 1 unspecified atom stereocenters. The molecule has 0 aliphatic carbocycles. The largest absolute Gasteiger partial charge is 0.416 e. The second-order valence-electron chi connectivity index (χ2n) is 6.10. The van der Waals surface area contributed by atoms with Gasteiger partial charge in [-0.25, -0.2) is 4.39 Å². The van der Waals surface area contributed by atoms with E-state index in [1.54, 1.807) is 18.4 Å². The Hall–Kier alpha value is -1.40. The number of likely N-dealkylation sites (N-methyl/N-ethyl adjacent to an activating group) is 1. The lowest BCUT2D eigenvalue weighted by molar-refractivity contribution is -0.138. The van der Waals surface area contributed by atoms with Crippen molar-refractivity contribution in [3.05, 3.63) is 57.5 Å². The molecule has 0 saturated heterocycles. The summed E-state index contributed by atoms with van der Waals surface area (Å²) in [4.78, 5) is 7.27. The highest BCUT2D eigenvalue weighted by atomic mass is 127. The maximum Gasteiger partial charge on any atom is 0.416 e. The topological polar surface area (TPSA) is 39.7 Å². The van der Waals surface area contributed by atoms with Crippen LogP contribution < -0.4 is 10.6 Å². The third kappa shape index (κ3) is 6.89. The van der Waals surface area contributed by atoms with E-state index in [4.69, 9.17) is 0 Å². The fourth-order valence-corrected chi connectivity index (χ4v) is 3.50. The minimum absolute atomic E-state index is 0. The summed E-state index contributed by atoms with van der Waals surface area (Å²) in [7, 11) is 5.45. The van der Waals surface area contributed by atoms with Gasteiger partial charge < -0.3 is 15.5 Å². The van der Waals surface area contributed by atoms with Gasteiger partial charge in [-0.05, 0) is 43.2 Å². The molecule has 1 atom stereocenters. The van der Waals surface area contributed by atoms with Crippen molar-refractivity contribution in [1.82, 2.24) is 15.5 Å². The number of hydrogen-bond donors (Lipinski definition) is 2. The quantitative estimate of drug-likeness (QED) is 0.250. The van der Waals surface area contributed by atoms with Gasteiger partial charge in [-0.1, -0.05) is 12.1 Å². The second kappa shape index (κ2) is 11.0. The molecular formula is C18H23F4IN4S. The molecule has 10 heteroatoms. The zero-order valence-electron chi connectivity index (χ0n) is 15.7. The molecule has 0 saturated carbocycles. The highest BCUT2D eigenvalue weighted by Gasteiger charge is 2.33. The highest BCUT2D eigenvalue weighted by molar-refractivity contribution is 14.0. The summed E-state index contributed by atoms with van der Waals surface area (Å²) in [5.41, 5.74) is -1.04. The summed E-state index contributed by atoms with van der Waals surface area (Å²) in [5, 5.41) is 7.98. The van der Waals surface area contributed by atoms with E-state index in [9.17, 15) is 17.6 Å². The van der Waals surface area contributed by atoms with Gasteiger partial charge in [0, 0.05) is 25.0 Å². The number of aliphatic imine (C=N–C) groups is 1. The lowest BCUT2D eigenvalue weighted by atomic mass is 10.1. The van der Waals surface area contributed by atoms with E-state index in [2.05, 4.69) is 15.6 Å². The number of halogens is 5. The summed E-state index contributed by atoms with van der Waals surface area (Å²) >= 11 is 1.63. The summed E-state index contributed by atoms with van der Waals surface area (Å²) in [6.07, 6.45) is -4.62. The molecule has 0 aliphatic heterocycles. The third-order valence-corrected chi connectivity index (χ3v) is 4.98. The normalized spacial score (nSPS) is 13.2. The fraction of sp³-hybridized carbons (Fsp3) is 0.389. The zero-order valence-corrected chi connectivity index (χ0v) is 18.8. The third-order valence-electron chi connectivity index (χ3n) is 4.01. The van der Waals surface area contributed by atoms with Crippen LogP contribution in [0, 0.1) is 5.82 Å². The van der Waals surface area contributed by atoms with Gasteiger partial charge in [-0.2, -0.15) is 13.2 Å². The average Bonchev–Trinajstić information content (AvgIpc) is 3.11. The second-order valence-corrected chi connectivity index (χ2v) is 7.08. The summed E-state index contributed by atoms with van der Waals surface area (Å²) in [5.74, 6) is -0.547. The first-order valence-electron chi connectivity index (χ1n) is 8.22. The van der Waals surface area contributed by atoms with Gasteiger partial charge in [0.25, 0.3) is 0 Å². The van der Waals surface area contributed by atoms with Crippen LogP contribution in [0.4, 0.5) is 17.6 Å². The van der Waals surface area contributed by atoms with Crippen molar-refractivity contribution in [2.45, 2.75) is 18.8 Å².